The van der Waals surface area contributed by atoms with Gasteiger partial charge in [0, 0.05) is 41.3 Å². The summed E-state index contributed by atoms with van der Waals surface area (Å²) in [6, 6.07) is 14.8. The summed E-state index contributed by atoms with van der Waals surface area (Å²) in [4.78, 5) is 21.4. The summed E-state index contributed by atoms with van der Waals surface area (Å²) < 4.78 is 45.6. The highest BCUT2D eigenvalue weighted by atomic mass is 79.9. The lowest BCUT2D eigenvalue weighted by Crippen LogP contribution is -2.14. The Bertz CT molecular complexity index is 1790. The van der Waals surface area contributed by atoms with Gasteiger partial charge in [0.25, 0.3) is 5.91 Å². The Morgan fingerprint density at radius 3 is 2.34 bits per heavy atom. The summed E-state index contributed by atoms with van der Waals surface area (Å²) >= 11 is 9.18. The normalized spacial score (nSPS) is 10.8. The maximum atomic E-state index is 15.1. The van der Waals surface area contributed by atoms with E-state index in [9.17, 15) is 9.18 Å². The van der Waals surface area contributed by atoms with Gasteiger partial charge in [-0.1, -0.05) is 11.6 Å². The van der Waals surface area contributed by atoms with Crippen LogP contribution in [0.5, 0.6) is 23.0 Å². The molecule has 2 aromatic heterocycles. The molecule has 1 amide bonds. The number of pyridine rings is 2. The van der Waals surface area contributed by atoms with Crippen LogP contribution in [0.15, 0.2) is 77.5 Å². The van der Waals surface area contributed by atoms with E-state index in [0.717, 1.165) is 6.07 Å². The lowest BCUT2D eigenvalue weighted by Gasteiger charge is -2.14. The van der Waals surface area contributed by atoms with E-state index >= 15 is 4.39 Å². The number of benzene rings is 3. The zero-order valence-corrected chi connectivity index (χ0v) is 23.8. The third-order valence-electron chi connectivity index (χ3n) is 5.93. The summed E-state index contributed by atoms with van der Waals surface area (Å²) in [5.74, 6) is -0.480. The van der Waals surface area contributed by atoms with Crippen LogP contribution in [0.25, 0.3) is 10.9 Å². The zero-order chi connectivity index (χ0) is 29.1. The predicted molar refractivity (Wildman–Crippen MR) is 156 cm³/mol. The third kappa shape index (κ3) is 6.16. The highest BCUT2D eigenvalue weighted by molar-refractivity contribution is 9.10. The fourth-order valence-electron chi connectivity index (χ4n) is 3.96. The van der Waals surface area contributed by atoms with Crippen LogP contribution < -0.4 is 24.8 Å². The van der Waals surface area contributed by atoms with Crippen LogP contribution in [0, 0.1) is 11.6 Å². The molecule has 0 bridgehead atoms. The molecule has 0 radical (unpaired) electrons. The van der Waals surface area contributed by atoms with Crippen LogP contribution in [0.4, 0.5) is 25.8 Å². The molecule has 5 aromatic rings. The number of ether oxygens (including phenoxy) is 3. The van der Waals surface area contributed by atoms with E-state index in [1.807, 2.05) is 0 Å². The molecular weight excluding hydrogens is 622 g/mol. The number of carbonyl (C=O) groups excluding carboxylic acids is 1. The summed E-state index contributed by atoms with van der Waals surface area (Å²) in [6.45, 7) is 0. The van der Waals surface area contributed by atoms with Gasteiger partial charge in [0.15, 0.2) is 23.1 Å². The molecule has 208 valence electrons. The largest absolute Gasteiger partial charge is 0.493 e. The Labute approximate surface area is 246 Å². The Balaban J connectivity index is 1.37. The SMILES string of the molecule is COc1cc2nccc(Oc3ccc(NC(=O)c4cnc(Cl)cc4Nc4ccc(F)c(Br)c4)cc3F)c2cc1OC. The molecule has 0 saturated carbocycles. The number of nitrogens with zero attached hydrogens (tertiary/aromatic N) is 2. The molecule has 0 atom stereocenters. The topological polar surface area (TPSA) is 94.6 Å². The van der Waals surface area contributed by atoms with Gasteiger partial charge in [0.2, 0.25) is 0 Å². The molecule has 0 aliphatic heterocycles. The van der Waals surface area contributed by atoms with Crippen molar-refractivity contribution in [3.05, 3.63) is 99.9 Å². The lowest BCUT2D eigenvalue weighted by atomic mass is 10.1. The van der Waals surface area contributed by atoms with Gasteiger partial charge in [0.05, 0.1) is 35.5 Å². The van der Waals surface area contributed by atoms with E-state index in [-0.39, 0.29) is 26.6 Å². The van der Waals surface area contributed by atoms with E-state index in [2.05, 4.69) is 36.5 Å². The number of aromatic nitrogens is 2. The maximum absolute atomic E-state index is 15.1. The number of fused-ring (bicyclic) bond motifs is 1. The Hall–Kier alpha value is -4.48. The predicted octanol–water partition coefficient (Wildman–Crippen LogP) is 8.13. The molecule has 8 nitrogen and oxygen atoms in total. The van der Waals surface area contributed by atoms with Gasteiger partial charge >= 0.3 is 0 Å². The minimum absolute atomic E-state index is 0.0670. The van der Waals surface area contributed by atoms with Crippen LogP contribution in [-0.4, -0.2) is 30.1 Å². The second-order valence-electron chi connectivity index (χ2n) is 8.54. The highest BCUT2D eigenvalue weighted by Crippen LogP contribution is 2.37. The molecule has 0 saturated heterocycles. The number of halogens is 4. The standard InChI is InChI=1S/C29H20BrClF2N4O4/c1-39-26-11-17-22(12-27(26)40-2)34-8-7-24(17)41-25-6-4-16(10-21(25)33)37-29(38)18-14-35-28(31)13-23(18)36-15-3-5-20(32)19(30)9-15/h3-14H,1-2H3,(H,35,36)(H,37,38). The van der Waals surface area contributed by atoms with Gasteiger partial charge in [-0.3, -0.25) is 9.78 Å². The fraction of sp³-hybridized carbons (Fsp3) is 0.0690. The van der Waals surface area contributed by atoms with Crippen molar-refractivity contribution in [3.63, 3.8) is 0 Å². The third-order valence-corrected chi connectivity index (χ3v) is 6.74. The molecule has 2 heterocycles. The number of rotatable bonds is 8. The zero-order valence-electron chi connectivity index (χ0n) is 21.5. The van der Waals surface area contributed by atoms with Crippen molar-refractivity contribution < 1.29 is 27.8 Å². The lowest BCUT2D eigenvalue weighted by molar-refractivity contribution is 0.102. The van der Waals surface area contributed by atoms with Gasteiger partial charge < -0.3 is 24.8 Å². The number of amides is 1. The molecular formula is C29H20BrClF2N4O4. The highest BCUT2D eigenvalue weighted by Gasteiger charge is 2.17. The molecule has 2 N–H and O–H groups in total. The number of nitrogens with one attached hydrogen (secondary N) is 2. The molecule has 3 aromatic carbocycles. The van der Waals surface area contributed by atoms with Crippen molar-refractivity contribution in [2.45, 2.75) is 0 Å². The summed E-state index contributed by atoms with van der Waals surface area (Å²) in [5.41, 5.74) is 1.69. The number of methoxy groups -OCH3 is 2. The molecule has 0 spiro atoms. The van der Waals surface area contributed by atoms with Gasteiger partial charge in [-0.2, -0.15) is 0 Å². The van der Waals surface area contributed by atoms with Crippen molar-refractivity contribution in [3.8, 4) is 23.0 Å². The number of hydrogen-bond donors (Lipinski definition) is 2. The average molecular weight is 642 g/mol. The fourth-order valence-corrected chi connectivity index (χ4v) is 4.50. The second kappa shape index (κ2) is 11.9. The molecule has 0 unspecified atom stereocenters. The van der Waals surface area contributed by atoms with Crippen molar-refractivity contribution in [2.24, 2.45) is 0 Å². The monoisotopic (exact) mass is 640 g/mol. The second-order valence-corrected chi connectivity index (χ2v) is 9.78. The molecule has 0 aliphatic carbocycles. The van der Waals surface area contributed by atoms with E-state index in [1.54, 1.807) is 18.2 Å². The molecule has 0 aliphatic rings. The minimum Gasteiger partial charge on any atom is -0.493 e. The van der Waals surface area contributed by atoms with Gasteiger partial charge in [-0.15, -0.1) is 0 Å². The van der Waals surface area contributed by atoms with Gasteiger partial charge in [-0.25, -0.2) is 13.8 Å². The Morgan fingerprint density at radius 1 is 0.854 bits per heavy atom. The molecule has 5 rings (SSSR count). The summed E-state index contributed by atoms with van der Waals surface area (Å²) in [5, 5.41) is 6.40. The van der Waals surface area contributed by atoms with Gasteiger partial charge in [0.1, 0.15) is 16.7 Å². The molecule has 12 heteroatoms. The first-order valence-corrected chi connectivity index (χ1v) is 13.1. The smallest absolute Gasteiger partial charge is 0.259 e. The van der Waals surface area contributed by atoms with Crippen LogP contribution in [-0.2, 0) is 0 Å². The molecule has 41 heavy (non-hydrogen) atoms. The first-order chi connectivity index (χ1) is 19.7. The van der Waals surface area contributed by atoms with Crippen molar-refractivity contribution in [1.29, 1.82) is 0 Å². The van der Waals surface area contributed by atoms with Crippen molar-refractivity contribution in [1.82, 2.24) is 9.97 Å². The van der Waals surface area contributed by atoms with E-state index in [4.69, 9.17) is 25.8 Å². The van der Waals surface area contributed by atoms with Gasteiger partial charge in [-0.05, 0) is 64.5 Å². The average Bonchev–Trinajstić information content (AvgIpc) is 2.95. The van der Waals surface area contributed by atoms with Crippen LogP contribution in [0.2, 0.25) is 5.15 Å². The number of carbonyl (C=O) groups is 1. The van der Waals surface area contributed by atoms with Crippen LogP contribution >= 0.6 is 27.5 Å². The quantitative estimate of drug-likeness (QED) is 0.165. The summed E-state index contributed by atoms with van der Waals surface area (Å²) in [7, 11) is 3.03. The first-order valence-electron chi connectivity index (χ1n) is 11.9. The van der Waals surface area contributed by atoms with Crippen LogP contribution in [0.3, 0.4) is 0 Å². The number of hydrogen-bond acceptors (Lipinski definition) is 7. The van der Waals surface area contributed by atoms with E-state index in [1.165, 1.54) is 63.0 Å². The first kappa shape index (κ1) is 28.1. The van der Waals surface area contributed by atoms with E-state index in [0.29, 0.717) is 39.5 Å². The summed E-state index contributed by atoms with van der Waals surface area (Å²) in [6.07, 6.45) is 2.82. The van der Waals surface area contributed by atoms with Crippen molar-refractivity contribution >= 4 is 61.4 Å². The maximum Gasteiger partial charge on any atom is 0.259 e. The van der Waals surface area contributed by atoms with E-state index < -0.39 is 17.5 Å². The van der Waals surface area contributed by atoms with Crippen molar-refractivity contribution in [2.75, 3.05) is 24.9 Å². The minimum atomic E-state index is -0.711. The van der Waals surface area contributed by atoms with Crippen LogP contribution in [0.1, 0.15) is 10.4 Å². The molecule has 0 fully saturated rings. The Morgan fingerprint density at radius 2 is 1.61 bits per heavy atom. The Kier molecular flexibility index (Phi) is 8.18. The number of anilines is 3.